The second kappa shape index (κ2) is 6.37. The first-order valence-electron chi connectivity index (χ1n) is 6.52. The summed E-state index contributed by atoms with van der Waals surface area (Å²) in [5, 5.41) is 0. The van der Waals surface area contributed by atoms with E-state index >= 15 is 0 Å². The molecule has 1 N–H and O–H groups in total. The fraction of sp³-hybridized carbons (Fsp3) is 0.357. The van der Waals surface area contributed by atoms with Crippen LogP contribution in [0.4, 0.5) is 0 Å². The average Bonchev–Trinajstić information content (AvgIpc) is 2.89. The molecule has 0 aliphatic heterocycles. The molecular weight excluding hydrogens is 306 g/mol. The minimum absolute atomic E-state index is 0.523. The minimum Gasteiger partial charge on any atom is -0.493 e. The zero-order valence-corrected chi connectivity index (χ0v) is 13.7. The van der Waals surface area contributed by atoms with Crippen molar-refractivity contribution in [1.82, 2.24) is 14.3 Å². The van der Waals surface area contributed by atoms with E-state index in [4.69, 9.17) is 9.47 Å². The average molecular weight is 325 g/mol. The molecule has 0 saturated heterocycles. The zero-order chi connectivity index (χ0) is 16.3. The Morgan fingerprint density at radius 1 is 1.23 bits per heavy atom. The number of nitrogens with one attached hydrogen (secondary N) is 1. The molecule has 2 aromatic rings. The highest BCUT2D eigenvalue weighted by molar-refractivity contribution is 7.88. The molecule has 7 nitrogen and oxygen atoms in total. The molecular formula is C14H19N3O4S. The fourth-order valence-electron chi connectivity index (χ4n) is 2.17. The monoisotopic (exact) mass is 325 g/mol. The van der Waals surface area contributed by atoms with Gasteiger partial charge in [0.15, 0.2) is 11.5 Å². The Hall–Kier alpha value is -2.06. The third kappa shape index (κ3) is 3.58. The van der Waals surface area contributed by atoms with Crippen LogP contribution in [0, 0.1) is 0 Å². The maximum atomic E-state index is 11.7. The lowest BCUT2D eigenvalue weighted by Gasteiger charge is -2.19. The quantitative estimate of drug-likeness (QED) is 0.859. The van der Waals surface area contributed by atoms with E-state index in [0.717, 1.165) is 6.26 Å². The largest absolute Gasteiger partial charge is 0.493 e. The van der Waals surface area contributed by atoms with Crippen molar-refractivity contribution in [3.8, 4) is 11.5 Å². The first kappa shape index (κ1) is 16.3. The molecule has 1 atom stereocenters. The predicted octanol–water partition coefficient (Wildman–Crippen LogP) is 1.08. The van der Waals surface area contributed by atoms with Crippen LogP contribution in [0.5, 0.6) is 11.5 Å². The van der Waals surface area contributed by atoms with E-state index < -0.39 is 16.1 Å². The van der Waals surface area contributed by atoms with Crippen LogP contribution in [0.25, 0.3) is 0 Å². The van der Waals surface area contributed by atoms with Crippen molar-refractivity contribution in [2.45, 2.75) is 6.04 Å². The van der Waals surface area contributed by atoms with Gasteiger partial charge in [0, 0.05) is 19.4 Å². The van der Waals surface area contributed by atoms with Gasteiger partial charge in [-0.3, -0.25) is 0 Å². The third-order valence-corrected chi connectivity index (χ3v) is 3.85. The maximum Gasteiger partial charge on any atom is 0.209 e. The van der Waals surface area contributed by atoms with Crippen LogP contribution < -0.4 is 14.2 Å². The molecule has 2 rings (SSSR count). The van der Waals surface area contributed by atoms with E-state index in [0.29, 0.717) is 22.9 Å². The summed E-state index contributed by atoms with van der Waals surface area (Å²) >= 11 is 0. The topological polar surface area (TPSA) is 82.5 Å². The molecule has 0 radical (unpaired) electrons. The van der Waals surface area contributed by atoms with Gasteiger partial charge in [-0.15, -0.1) is 0 Å². The lowest BCUT2D eigenvalue weighted by atomic mass is 10.1. The number of aromatic nitrogens is 2. The first-order valence-corrected chi connectivity index (χ1v) is 8.41. The van der Waals surface area contributed by atoms with Gasteiger partial charge in [0.2, 0.25) is 10.0 Å². The van der Waals surface area contributed by atoms with Crippen molar-refractivity contribution in [3.63, 3.8) is 0 Å². The number of sulfonamides is 1. The number of imidazole rings is 1. The van der Waals surface area contributed by atoms with Crippen LogP contribution >= 0.6 is 0 Å². The summed E-state index contributed by atoms with van der Waals surface area (Å²) in [5.41, 5.74) is 0.706. The maximum absolute atomic E-state index is 11.7. The number of ether oxygens (including phenoxy) is 2. The van der Waals surface area contributed by atoms with Crippen molar-refractivity contribution in [2.75, 3.05) is 20.5 Å². The van der Waals surface area contributed by atoms with Gasteiger partial charge in [-0.25, -0.2) is 18.1 Å². The molecule has 0 aliphatic carbocycles. The Bertz CT molecular complexity index is 755. The summed E-state index contributed by atoms with van der Waals surface area (Å²) in [6.07, 6.45) is 4.49. The number of hydrogen-bond acceptors (Lipinski definition) is 5. The lowest BCUT2D eigenvalue weighted by molar-refractivity contribution is 0.354. The molecule has 0 aliphatic rings. The van der Waals surface area contributed by atoms with Gasteiger partial charge in [0.05, 0.1) is 20.5 Å². The standard InChI is InChI=1S/C14H19N3O4S/c1-17-8-7-15-14(17)13(16-22(4,18)19)10-5-6-11(20-2)12(9-10)21-3/h5-9,13,16H,1-4H3. The van der Waals surface area contributed by atoms with Crippen molar-refractivity contribution in [1.29, 1.82) is 0 Å². The number of methoxy groups -OCH3 is 2. The van der Waals surface area contributed by atoms with E-state index in [9.17, 15) is 8.42 Å². The Labute approximate surface area is 129 Å². The van der Waals surface area contributed by atoms with E-state index in [-0.39, 0.29) is 0 Å². The molecule has 0 spiro atoms. The van der Waals surface area contributed by atoms with Gasteiger partial charge in [-0.2, -0.15) is 0 Å². The van der Waals surface area contributed by atoms with Crippen molar-refractivity contribution in [3.05, 3.63) is 42.0 Å². The van der Waals surface area contributed by atoms with Gasteiger partial charge in [-0.1, -0.05) is 6.07 Å². The molecule has 8 heteroatoms. The van der Waals surface area contributed by atoms with Crippen molar-refractivity contribution < 1.29 is 17.9 Å². The fourth-order valence-corrected chi connectivity index (χ4v) is 2.84. The molecule has 0 amide bonds. The van der Waals surface area contributed by atoms with E-state index in [1.54, 1.807) is 49.3 Å². The summed E-state index contributed by atoms with van der Waals surface area (Å²) in [4.78, 5) is 4.24. The molecule has 1 heterocycles. The van der Waals surface area contributed by atoms with Crippen LogP contribution in [0.15, 0.2) is 30.6 Å². The highest BCUT2D eigenvalue weighted by Crippen LogP contribution is 2.32. The molecule has 120 valence electrons. The van der Waals surface area contributed by atoms with E-state index in [1.165, 1.54) is 7.11 Å². The second-order valence-electron chi connectivity index (χ2n) is 4.83. The van der Waals surface area contributed by atoms with Crippen LogP contribution in [0.1, 0.15) is 17.4 Å². The van der Waals surface area contributed by atoms with Crippen LogP contribution in [0.2, 0.25) is 0 Å². The number of aryl methyl sites for hydroxylation is 1. The number of nitrogens with zero attached hydrogens (tertiary/aromatic N) is 2. The van der Waals surface area contributed by atoms with Crippen LogP contribution in [0.3, 0.4) is 0 Å². The highest BCUT2D eigenvalue weighted by Gasteiger charge is 2.23. The minimum atomic E-state index is -3.42. The van der Waals surface area contributed by atoms with E-state index in [1.807, 2.05) is 0 Å². The number of benzene rings is 1. The first-order chi connectivity index (χ1) is 10.4. The van der Waals surface area contributed by atoms with Gasteiger partial charge in [-0.05, 0) is 17.7 Å². The predicted molar refractivity (Wildman–Crippen MR) is 82.6 cm³/mol. The Balaban J connectivity index is 2.52. The summed E-state index contributed by atoms with van der Waals surface area (Å²) in [7, 11) is 1.45. The molecule has 0 saturated carbocycles. The molecule has 0 fully saturated rings. The zero-order valence-electron chi connectivity index (χ0n) is 12.9. The molecule has 1 aromatic carbocycles. The third-order valence-electron chi connectivity index (χ3n) is 3.19. The summed E-state index contributed by atoms with van der Waals surface area (Å²) in [6.45, 7) is 0. The summed E-state index contributed by atoms with van der Waals surface area (Å²) in [6, 6.07) is 4.62. The van der Waals surface area contributed by atoms with Crippen LogP contribution in [-0.2, 0) is 17.1 Å². The second-order valence-corrected chi connectivity index (χ2v) is 6.61. The van der Waals surface area contributed by atoms with Gasteiger partial charge in [0.25, 0.3) is 0 Å². The summed E-state index contributed by atoms with van der Waals surface area (Å²) < 4.78 is 38.2. The van der Waals surface area contributed by atoms with Crippen LogP contribution in [-0.4, -0.2) is 38.4 Å². The lowest BCUT2D eigenvalue weighted by Crippen LogP contribution is -2.30. The number of rotatable bonds is 6. The van der Waals surface area contributed by atoms with Gasteiger partial charge < -0.3 is 14.0 Å². The van der Waals surface area contributed by atoms with Crippen molar-refractivity contribution in [2.24, 2.45) is 7.05 Å². The Morgan fingerprint density at radius 3 is 2.41 bits per heavy atom. The van der Waals surface area contributed by atoms with Crippen molar-refractivity contribution >= 4 is 10.0 Å². The Kier molecular flexibility index (Phi) is 4.72. The Morgan fingerprint density at radius 2 is 1.91 bits per heavy atom. The number of hydrogen-bond donors (Lipinski definition) is 1. The normalized spacial score (nSPS) is 12.9. The molecule has 1 aromatic heterocycles. The smallest absolute Gasteiger partial charge is 0.209 e. The van der Waals surface area contributed by atoms with E-state index in [2.05, 4.69) is 9.71 Å². The van der Waals surface area contributed by atoms with Gasteiger partial charge in [0.1, 0.15) is 11.9 Å². The molecule has 22 heavy (non-hydrogen) atoms. The summed E-state index contributed by atoms with van der Waals surface area (Å²) in [5.74, 6) is 1.68. The molecule has 0 bridgehead atoms. The SMILES string of the molecule is COc1ccc(C(NS(C)(=O)=O)c2nccn2C)cc1OC. The highest BCUT2D eigenvalue weighted by atomic mass is 32.2. The molecule has 1 unspecified atom stereocenters. The van der Waals surface area contributed by atoms with Gasteiger partial charge >= 0.3 is 0 Å².